The van der Waals surface area contributed by atoms with Crippen molar-refractivity contribution in [3.8, 4) is 16.9 Å². The van der Waals surface area contributed by atoms with Gasteiger partial charge in [-0.25, -0.2) is 0 Å². The summed E-state index contributed by atoms with van der Waals surface area (Å²) in [6.45, 7) is 14.2. The summed E-state index contributed by atoms with van der Waals surface area (Å²) in [6, 6.07) is 33.8. The van der Waals surface area contributed by atoms with Gasteiger partial charge in [0.1, 0.15) is 11.5 Å². The van der Waals surface area contributed by atoms with Gasteiger partial charge < -0.3 is 24.0 Å². The van der Waals surface area contributed by atoms with Gasteiger partial charge in [-0.2, -0.15) is 0 Å². The lowest BCUT2D eigenvalue weighted by Crippen LogP contribution is -2.15. The number of aryl methyl sites for hydroxylation is 1. The fourth-order valence-electron chi connectivity index (χ4n) is 5.12. The van der Waals surface area contributed by atoms with Gasteiger partial charge in [0.15, 0.2) is 0 Å². The summed E-state index contributed by atoms with van der Waals surface area (Å²) in [5.41, 5.74) is 9.49. The van der Waals surface area contributed by atoms with Crippen molar-refractivity contribution in [2.45, 2.75) is 27.2 Å². The van der Waals surface area contributed by atoms with Crippen LogP contribution in [-0.4, -0.2) is 21.3 Å². The van der Waals surface area contributed by atoms with Crippen LogP contribution in [0.25, 0.3) is 11.1 Å². The van der Waals surface area contributed by atoms with E-state index in [-0.39, 0.29) is 0 Å². The lowest BCUT2D eigenvalue weighted by molar-refractivity contribution is 0.294. The van der Waals surface area contributed by atoms with Crippen LogP contribution in [0.15, 0.2) is 170 Å². The number of hydrogen-bond donors (Lipinski definition) is 0. The quantitative estimate of drug-likeness (QED) is 0.0956. The zero-order chi connectivity index (χ0) is 34.5. The van der Waals surface area contributed by atoms with E-state index in [1.54, 1.807) is 21.3 Å². The summed E-state index contributed by atoms with van der Waals surface area (Å²) in [6.07, 6.45) is 12.8. The molecule has 0 aliphatic rings. The molecule has 48 heavy (non-hydrogen) atoms. The van der Waals surface area contributed by atoms with Crippen molar-refractivity contribution in [3.63, 3.8) is 0 Å². The lowest BCUT2D eigenvalue weighted by atomic mass is 10.0. The van der Waals surface area contributed by atoms with E-state index >= 15 is 0 Å². The van der Waals surface area contributed by atoms with Crippen LogP contribution >= 0.6 is 0 Å². The molecule has 0 N–H and O–H groups in total. The normalized spacial score (nSPS) is 12.1. The van der Waals surface area contributed by atoms with Gasteiger partial charge in [-0.15, -0.1) is 0 Å². The number of nitrogens with zero attached hydrogens (tertiary/aromatic N) is 2. The highest BCUT2D eigenvalue weighted by molar-refractivity contribution is 5.76. The van der Waals surface area contributed by atoms with Gasteiger partial charge in [-0.1, -0.05) is 68.1 Å². The van der Waals surface area contributed by atoms with Gasteiger partial charge in [-0.3, -0.25) is 0 Å². The van der Waals surface area contributed by atoms with Gasteiger partial charge in [0.05, 0.1) is 27.1 Å². The Bertz CT molecular complexity index is 1780. The second kappa shape index (κ2) is 17.3. The minimum Gasteiger partial charge on any atom is -0.501 e. The van der Waals surface area contributed by atoms with Gasteiger partial charge in [-0.05, 0) is 122 Å². The molecule has 0 heterocycles. The summed E-state index contributed by atoms with van der Waals surface area (Å²) in [7, 11) is 4.97. The molecule has 0 saturated heterocycles. The molecule has 0 fully saturated rings. The molecule has 0 unspecified atom stereocenters. The number of allylic oxidation sites excluding steroid dienone is 7. The van der Waals surface area contributed by atoms with Gasteiger partial charge in [0.25, 0.3) is 0 Å². The topological polar surface area (TPSA) is 34.2 Å². The van der Waals surface area contributed by atoms with E-state index in [4.69, 9.17) is 14.2 Å². The first-order chi connectivity index (χ1) is 23.3. The predicted octanol–water partition coefficient (Wildman–Crippen LogP) is 11.6. The monoisotopic (exact) mass is 638 g/mol. The smallest absolute Gasteiger partial charge is 0.119 e. The zero-order valence-electron chi connectivity index (χ0n) is 28.9. The van der Waals surface area contributed by atoms with E-state index in [9.17, 15) is 0 Å². The average Bonchev–Trinajstić information content (AvgIpc) is 3.13. The van der Waals surface area contributed by atoms with Gasteiger partial charge in [0.2, 0.25) is 0 Å². The summed E-state index contributed by atoms with van der Waals surface area (Å²) >= 11 is 0. The predicted molar refractivity (Wildman–Crippen MR) is 203 cm³/mol. The van der Waals surface area contributed by atoms with Gasteiger partial charge in [0, 0.05) is 34.1 Å². The number of hydrogen-bond acceptors (Lipinski definition) is 5. The Morgan fingerprint density at radius 2 is 1.12 bits per heavy atom. The number of ether oxygens (including phenoxy) is 3. The van der Waals surface area contributed by atoms with Crippen molar-refractivity contribution < 1.29 is 14.2 Å². The third kappa shape index (κ3) is 8.98. The molecule has 5 heteroatoms. The van der Waals surface area contributed by atoms with Crippen LogP contribution in [0.4, 0.5) is 22.7 Å². The molecule has 0 spiro atoms. The molecule has 0 aliphatic carbocycles. The van der Waals surface area contributed by atoms with Crippen LogP contribution in [0.3, 0.4) is 0 Å². The summed E-state index contributed by atoms with van der Waals surface area (Å²) < 4.78 is 16.1. The number of rotatable bonds is 15. The Hall–Kier alpha value is -5.68. The molecule has 0 aliphatic heterocycles. The van der Waals surface area contributed by atoms with Crippen molar-refractivity contribution >= 4 is 22.7 Å². The molecular weight excluding hydrogens is 592 g/mol. The first-order valence-electron chi connectivity index (χ1n) is 16.0. The lowest BCUT2D eigenvalue weighted by Gasteiger charge is -2.27. The Morgan fingerprint density at radius 1 is 0.646 bits per heavy atom. The molecule has 0 bridgehead atoms. The molecule has 0 aromatic heterocycles. The number of benzene rings is 4. The molecule has 0 saturated carbocycles. The maximum Gasteiger partial charge on any atom is 0.119 e. The van der Waals surface area contributed by atoms with E-state index in [1.807, 2.05) is 49.4 Å². The Kier molecular flexibility index (Phi) is 12.7. The maximum absolute atomic E-state index is 5.43. The molecule has 0 amide bonds. The zero-order valence-corrected chi connectivity index (χ0v) is 28.9. The Balaban J connectivity index is 1.71. The molecular formula is C43H46N2O3. The summed E-state index contributed by atoms with van der Waals surface area (Å²) in [5.74, 6) is 2.21. The summed E-state index contributed by atoms with van der Waals surface area (Å²) in [4.78, 5) is 4.41. The second-order valence-corrected chi connectivity index (χ2v) is 11.1. The molecule has 4 rings (SSSR count). The minimum absolute atomic E-state index is 0.587. The average molecular weight is 639 g/mol. The Labute approximate surface area is 286 Å². The van der Waals surface area contributed by atoms with Crippen LogP contribution in [0.2, 0.25) is 0 Å². The molecule has 4 aromatic carbocycles. The van der Waals surface area contributed by atoms with Crippen molar-refractivity contribution in [2.75, 3.05) is 31.1 Å². The van der Waals surface area contributed by atoms with Crippen molar-refractivity contribution in [2.24, 2.45) is 0 Å². The van der Waals surface area contributed by atoms with Crippen LogP contribution < -0.4 is 14.5 Å². The SMILES string of the molecule is C=C/C(=C\C=C(/C)OC)N(c1ccc(C)cc1)c1ccc(-c2ccc(N(C(/C=C\C(=C)OC)=C/CC)c3ccc(OC)cc3)cc2)cc1. The van der Waals surface area contributed by atoms with Crippen LogP contribution in [0.5, 0.6) is 5.75 Å². The summed E-state index contributed by atoms with van der Waals surface area (Å²) in [5, 5.41) is 0. The van der Waals surface area contributed by atoms with E-state index in [1.165, 1.54) is 5.56 Å². The highest BCUT2D eigenvalue weighted by Crippen LogP contribution is 2.36. The third-order valence-electron chi connectivity index (χ3n) is 7.86. The number of anilines is 4. The van der Waals surface area contributed by atoms with E-state index < -0.39 is 0 Å². The first-order valence-corrected chi connectivity index (χ1v) is 16.0. The van der Waals surface area contributed by atoms with Crippen molar-refractivity contribution in [1.29, 1.82) is 0 Å². The van der Waals surface area contributed by atoms with Crippen LogP contribution in [0.1, 0.15) is 25.8 Å². The molecule has 4 aromatic rings. The van der Waals surface area contributed by atoms with E-state index in [0.29, 0.717) is 5.76 Å². The van der Waals surface area contributed by atoms with Crippen molar-refractivity contribution in [1.82, 2.24) is 0 Å². The largest absolute Gasteiger partial charge is 0.501 e. The third-order valence-corrected chi connectivity index (χ3v) is 7.86. The van der Waals surface area contributed by atoms with E-state index in [2.05, 4.69) is 128 Å². The van der Waals surface area contributed by atoms with E-state index in [0.717, 1.165) is 63.2 Å². The minimum atomic E-state index is 0.587. The second-order valence-electron chi connectivity index (χ2n) is 11.1. The fourth-order valence-corrected chi connectivity index (χ4v) is 5.12. The highest BCUT2D eigenvalue weighted by Gasteiger charge is 2.15. The standard InChI is InChI=1S/C43H46N2O3/c1-9-11-38(23-15-34(5)47-7)45(42-28-30-43(48-8)31-29-42)41-26-18-36(19-27-41)35-16-24-40(25-17-35)44(39-20-12-32(3)13-21-39)37(10-2)22-14-33(4)46-6/h10-31H,2,5,9H2,1,3-4,6-8H3/b23-15-,33-14+,37-22+,38-11+. The maximum atomic E-state index is 5.43. The molecule has 5 nitrogen and oxygen atoms in total. The van der Waals surface area contributed by atoms with Crippen LogP contribution in [-0.2, 0) is 9.47 Å². The van der Waals surface area contributed by atoms with Gasteiger partial charge >= 0.3 is 0 Å². The first kappa shape index (κ1) is 35.2. The Morgan fingerprint density at radius 3 is 1.56 bits per heavy atom. The van der Waals surface area contributed by atoms with Crippen LogP contribution in [0, 0.1) is 6.92 Å². The molecule has 0 atom stereocenters. The van der Waals surface area contributed by atoms with Crippen molar-refractivity contribution in [3.05, 3.63) is 175 Å². The fraction of sp³-hybridized carbons (Fsp3) is 0.163. The molecule has 246 valence electrons. The highest BCUT2D eigenvalue weighted by atomic mass is 16.5. The molecule has 0 radical (unpaired) electrons. The number of methoxy groups -OCH3 is 3.